The zero-order valence-electron chi connectivity index (χ0n) is 14.0. The van der Waals surface area contributed by atoms with Crippen LogP contribution in [0.4, 0.5) is 5.13 Å². The molecule has 1 aliphatic rings. The Kier molecular flexibility index (Phi) is 4.86. The van der Waals surface area contributed by atoms with Crippen molar-refractivity contribution in [3.05, 3.63) is 65.2 Å². The average Bonchev–Trinajstić information content (AvgIpc) is 3.18. The number of carbonyl (C=O) groups excluding carboxylic acids is 1. The van der Waals surface area contributed by atoms with E-state index in [-0.39, 0.29) is 5.91 Å². The summed E-state index contributed by atoms with van der Waals surface area (Å²) in [7, 11) is 0. The number of anilines is 1. The lowest BCUT2D eigenvalue weighted by atomic mass is 10.2. The Hall–Kier alpha value is -2.44. The van der Waals surface area contributed by atoms with E-state index in [1.54, 1.807) is 24.3 Å². The number of piperazine rings is 1. The van der Waals surface area contributed by atoms with Gasteiger partial charge < -0.3 is 9.80 Å². The zero-order chi connectivity index (χ0) is 17.9. The van der Waals surface area contributed by atoms with Crippen molar-refractivity contribution >= 4 is 34.2 Å². The van der Waals surface area contributed by atoms with Crippen molar-refractivity contribution < 1.29 is 4.79 Å². The van der Waals surface area contributed by atoms with Gasteiger partial charge in [-0.2, -0.15) is 9.36 Å². The summed E-state index contributed by atoms with van der Waals surface area (Å²) in [6.07, 6.45) is 0. The van der Waals surface area contributed by atoms with Crippen LogP contribution in [0.25, 0.3) is 11.4 Å². The maximum atomic E-state index is 12.6. The molecular formula is C19H17ClN4OS. The summed E-state index contributed by atoms with van der Waals surface area (Å²) in [6, 6.07) is 17.1. The summed E-state index contributed by atoms with van der Waals surface area (Å²) in [5, 5.41) is 1.48. The predicted molar refractivity (Wildman–Crippen MR) is 105 cm³/mol. The van der Waals surface area contributed by atoms with Gasteiger partial charge in [0.05, 0.1) is 0 Å². The van der Waals surface area contributed by atoms with Gasteiger partial charge >= 0.3 is 0 Å². The molecule has 1 aromatic heterocycles. The van der Waals surface area contributed by atoms with Crippen molar-refractivity contribution in [2.24, 2.45) is 0 Å². The first kappa shape index (κ1) is 17.0. The second-order valence-corrected chi connectivity index (χ2v) is 7.22. The van der Waals surface area contributed by atoms with Gasteiger partial charge in [-0.25, -0.2) is 0 Å². The molecule has 2 aromatic carbocycles. The Morgan fingerprint density at radius 2 is 1.77 bits per heavy atom. The standard InChI is InChI=1S/C19H17ClN4OS/c20-16-8-4-7-15(13-16)18(25)23-9-11-24(12-10-23)19-21-17(22-26-19)14-5-2-1-3-6-14/h1-8,13H,9-12H2. The molecule has 0 N–H and O–H groups in total. The van der Waals surface area contributed by atoms with E-state index in [4.69, 9.17) is 11.6 Å². The number of benzene rings is 2. The van der Waals surface area contributed by atoms with Crippen molar-refractivity contribution in [3.8, 4) is 11.4 Å². The van der Waals surface area contributed by atoms with E-state index < -0.39 is 0 Å². The first-order valence-electron chi connectivity index (χ1n) is 8.39. The molecule has 1 saturated heterocycles. The minimum atomic E-state index is 0.0226. The first-order valence-corrected chi connectivity index (χ1v) is 9.55. The minimum Gasteiger partial charge on any atom is -0.343 e. The smallest absolute Gasteiger partial charge is 0.254 e. The summed E-state index contributed by atoms with van der Waals surface area (Å²) in [5.74, 6) is 0.775. The highest BCUT2D eigenvalue weighted by molar-refractivity contribution is 7.09. The van der Waals surface area contributed by atoms with E-state index in [9.17, 15) is 4.79 Å². The number of rotatable bonds is 3. The number of aromatic nitrogens is 2. The lowest BCUT2D eigenvalue weighted by molar-refractivity contribution is 0.0747. The number of hydrogen-bond donors (Lipinski definition) is 0. The Labute approximate surface area is 161 Å². The Morgan fingerprint density at radius 3 is 2.50 bits per heavy atom. The van der Waals surface area contributed by atoms with Crippen molar-refractivity contribution in [2.75, 3.05) is 31.1 Å². The third-order valence-corrected chi connectivity index (χ3v) is 5.37. The van der Waals surface area contributed by atoms with Gasteiger partial charge in [0, 0.05) is 53.9 Å². The highest BCUT2D eigenvalue weighted by atomic mass is 35.5. The van der Waals surface area contributed by atoms with E-state index in [0.717, 1.165) is 29.6 Å². The molecule has 0 bridgehead atoms. The van der Waals surface area contributed by atoms with Crippen molar-refractivity contribution in [1.82, 2.24) is 14.3 Å². The fourth-order valence-corrected chi connectivity index (χ4v) is 3.88. The van der Waals surface area contributed by atoms with Crippen LogP contribution in [0.5, 0.6) is 0 Å². The Balaban J connectivity index is 1.41. The van der Waals surface area contributed by atoms with Crippen molar-refractivity contribution in [3.63, 3.8) is 0 Å². The fraction of sp³-hybridized carbons (Fsp3) is 0.211. The highest BCUT2D eigenvalue weighted by Gasteiger charge is 2.24. The molecule has 26 heavy (non-hydrogen) atoms. The molecule has 1 aliphatic heterocycles. The molecule has 0 unspecified atom stereocenters. The summed E-state index contributed by atoms with van der Waals surface area (Å²) < 4.78 is 4.47. The van der Waals surface area contributed by atoms with Crippen molar-refractivity contribution in [1.29, 1.82) is 0 Å². The van der Waals surface area contributed by atoms with Crippen LogP contribution in [0.1, 0.15) is 10.4 Å². The number of carbonyl (C=O) groups is 1. The number of halogens is 1. The summed E-state index contributed by atoms with van der Waals surface area (Å²) in [6.45, 7) is 2.81. The molecule has 4 rings (SSSR count). The van der Waals surface area contributed by atoms with Crippen LogP contribution in [-0.2, 0) is 0 Å². The molecule has 0 spiro atoms. The molecule has 3 aromatic rings. The van der Waals surface area contributed by atoms with Crippen LogP contribution in [0.15, 0.2) is 54.6 Å². The molecule has 2 heterocycles. The molecular weight excluding hydrogens is 368 g/mol. The Morgan fingerprint density at radius 1 is 1.00 bits per heavy atom. The van der Waals surface area contributed by atoms with Crippen LogP contribution < -0.4 is 4.90 Å². The lowest BCUT2D eigenvalue weighted by Gasteiger charge is -2.34. The van der Waals surface area contributed by atoms with Gasteiger partial charge in [-0.05, 0) is 18.2 Å². The Bertz CT molecular complexity index is 907. The van der Waals surface area contributed by atoms with Gasteiger partial charge in [-0.3, -0.25) is 4.79 Å². The average molecular weight is 385 g/mol. The summed E-state index contributed by atoms with van der Waals surface area (Å²) >= 11 is 7.39. The van der Waals surface area contributed by atoms with Gasteiger partial charge in [-0.1, -0.05) is 48.0 Å². The normalized spacial score (nSPS) is 14.5. The van der Waals surface area contributed by atoms with E-state index >= 15 is 0 Å². The third-order valence-electron chi connectivity index (χ3n) is 4.36. The molecule has 132 valence electrons. The van der Waals surface area contributed by atoms with Crippen LogP contribution in [0.2, 0.25) is 5.02 Å². The van der Waals surface area contributed by atoms with Crippen LogP contribution in [0, 0.1) is 0 Å². The van der Waals surface area contributed by atoms with Gasteiger partial charge in [0.15, 0.2) is 5.82 Å². The second-order valence-electron chi connectivity index (χ2n) is 6.06. The number of nitrogens with zero attached hydrogens (tertiary/aromatic N) is 4. The summed E-state index contributed by atoms with van der Waals surface area (Å²) in [5.41, 5.74) is 1.65. The minimum absolute atomic E-state index is 0.0226. The first-order chi connectivity index (χ1) is 12.7. The molecule has 0 atom stereocenters. The van der Waals surface area contributed by atoms with Gasteiger partial charge in [0.25, 0.3) is 5.91 Å². The maximum absolute atomic E-state index is 12.6. The van der Waals surface area contributed by atoms with E-state index in [0.29, 0.717) is 23.7 Å². The van der Waals surface area contributed by atoms with Crippen LogP contribution >= 0.6 is 23.1 Å². The van der Waals surface area contributed by atoms with Crippen molar-refractivity contribution in [2.45, 2.75) is 0 Å². The molecule has 5 nitrogen and oxygen atoms in total. The monoisotopic (exact) mass is 384 g/mol. The molecule has 0 aliphatic carbocycles. The highest BCUT2D eigenvalue weighted by Crippen LogP contribution is 2.25. The van der Waals surface area contributed by atoms with Gasteiger partial charge in [0.1, 0.15) is 0 Å². The lowest BCUT2D eigenvalue weighted by Crippen LogP contribution is -2.48. The molecule has 1 fully saturated rings. The quantitative estimate of drug-likeness (QED) is 0.688. The van der Waals surface area contributed by atoms with E-state index in [1.807, 2.05) is 35.2 Å². The van der Waals surface area contributed by atoms with E-state index in [2.05, 4.69) is 14.3 Å². The zero-order valence-corrected chi connectivity index (χ0v) is 15.6. The third kappa shape index (κ3) is 3.57. The van der Waals surface area contributed by atoms with Gasteiger partial charge in [-0.15, -0.1) is 0 Å². The van der Waals surface area contributed by atoms with Crippen LogP contribution in [-0.4, -0.2) is 46.3 Å². The largest absolute Gasteiger partial charge is 0.343 e. The summed E-state index contributed by atoms with van der Waals surface area (Å²) in [4.78, 5) is 21.3. The SMILES string of the molecule is O=C(c1cccc(Cl)c1)N1CCN(c2nc(-c3ccccc3)ns2)CC1. The number of hydrogen-bond acceptors (Lipinski definition) is 5. The van der Waals surface area contributed by atoms with E-state index in [1.165, 1.54) is 11.5 Å². The predicted octanol–water partition coefficient (Wildman–Crippen LogP) is 3.82. The fourth-order valence-electron chi connectivity index (χ4n) is 2.95. The maximum Gasteiger partial charge on any atom is 0.254 e. The van der Waals surface area contributed by atoms with Gasteiger partial charge in [0.2, 0.25) is 5.13 Å². The molecule has 0 saturated carbocycles. The number of amides is 1. The second kappa shape index (κ2) is 7.43. The molecule has 7 heteroatoms. The topological polar surface area (TPSA) is 49.3 Å². The molecule has 0 radical (unpaired) electrons. The molecule has 1 amide bonds. The van der Waals surface area contributed by atoms with Crippen LogP contribution in [0.3, 0.4) is 0 Å².